The van der Waals surface area contributed by atoms with Crippen LogP contribution in [0.4, 0.5) is 13.2 Å². The average molecular weight is 326 g/mol. The summed E-state index contributed by atoms with van der Waals surface area (Å²) in [5, 5.41) is 3.60. The number of hydrogen-bond acceptors (Lipinski definition) is 4. The van der Waals surface area contributed by atoms with E-state index in [-0.39, 0.29) is 23.7 Å². The topological polar surface area (TPSA) is 55.6 Å². The molecule has 0 spiro atoms. The molecule has 1 saturated heterocycles. The Kier molecular flexibility index (Phi) is 4.08. The summed E-state index contributed by atoms with van der Waals surface area (Å²) in [4.78, 5) is 13.7. The first-order valence-corrected chi connectivity index (χ1v) is 6.97. The Morgan fingerprint density at radius 3 is 2.74 bits per heavy atom. The van der Waals surface area contributed by atoms with E-state index in [0.717, 1.165) is 6.07 Å². The van der Waals surface area contributed by atoms with Crippen LogP contribution in [0.25, 0.3) is 11.3 Å². The van der Waals surface area contributed by atoms with Crippen molar-refractivity contribution in [2.75, 3.05) is 19.9 Å². The van der Waals surface area contributed by atoms with Crippen molar-refractivity contribution in [3.05, 3.63) is 41.6 Å². The predicted octanol–water partition coefficient (Wildman–Crippen LogP) is 3.18. The maximum Gasteiger partial charge on any atom is 0.417 e. The van der Waals surface area contributed by atoms with E-state index in [1.807, 2.05) is 0 Å². The van der Waals surface area contributed by atoms with Crippen LogP contribution in [-0.4, -0.2) is 35.8 Å². The lowest BCUT2D eigenvalue weighted by atomic mass is 10.0. The molecular weight excluding hydrogens is 313 g/mol. The van der Waals surface area contributed by atoms with Crippen molar-refractivity contribution in [2.24, 2.45) is 0 Å². The number of carbonyl (C=O) groups excluding carboxylic acids is 1. The van der Waals surface area contributed by atoms with Gasteiger partial charge in [0.05, 0.1) is 12.2 Å². The summed E-state index contributed by atoms with van der Waals surface area (Å²) < 4.78 is 49.2. The highest BCUT2D eigenvalue weighted by Crippen LogP contribution is 2.37. The van der Waals surface area contributed by atoms with Gasteiger partial charge in [0.15, 0.2) is 11.5 Å². The third kappa shape index (κ3) is 3.21. The molecule has 2 heterocycles. The van der Waals surface area contributed by atoms with Crippen LogP contribution in [0.15, 0.2) is 34.9 Å². The Balaban J connectivity index is 1.89. The van der Waals surface area contributed by atoms with Gasteiger partial charge < -0.3 is 14.2 Å². The highest BCUT2D eigenvalue weighted by atomic mass is 19.4. The molecule has 0 atom stereocenters. The number of hydrogen-bond donors (Lipinski definition) is 0. The smallest absolute Gasteiger partial charge is 0.361 e. The first-order valence-electron chi connectivity index (χ1n) is 6.97. The van der Waals surface area contributed by atoms with Crippen LogP contribution in [-0.2, 0) is 10.9 Å². The Labute approximate surface area is 129 Å². The van der Waals surface area contributed by atoms with Crippen molar-refractivity contribution in [1.82, 2.24) is 10.1 Å². The van der Waals surface area contributed by atoms with Gasteiger partial charge in [0, 0.05) is 18.2 Å². The van der Waals surface area contributed by atoms with Gasteiger partial charge in [0.25, 0.3) is 5.91 Å². The third-order valence-corrected chi connectivity index (χ3v) is 3.48. The molecule has 1 aliphatic rings. The van der Waals surface area contributed by atoms with Crippen molar-refractivity contribution in [2.45, 2.75) is 12.6 Å². The Bertz CT molecular complexity index is 706. The first kappa shape index (κ1) is 15.5. The molecule has 122 valence electrons. The standard InChI is InChI=1S/C15H13F3N2O3/c16-15(17,18)11-5-2-1-4-10(11)13-8-12(19-23-13)14(21)20-6-3-7-22-9-20/h1-2,4-5,8H,3,6-7,9H2. The third-order valence-electron chi connectivity index (χ3n) is 3.48. The van der Waals surface area contributed by atoms with E-state index in [2.05, 4.69) is 5.16 Å². The van der Waals surface area contributed by atoms with Crippen molar-refractivity contribution < 1.29 is 27.2 Å². The van der Waals surface area contributed by atoms with Crippen molar-refractivity contribution in [1.29, 1.82) is 0 Å². The molecule has 1 fully saturated rings. The molecule has 0 saturated carbocycles. The van der Waals surface area contributed by atoms with E-state index in [1.165, 1.54) is 29.2 Å². The fourth-order valence-electron chi connectivity index (χ4n) is 2.37. The molecule has 3 rings (SSSR count). The Morgan fingerprint density at radius 2 is 2.04 bits per heavy atom. The minimum atomic E-state index is -4.52. The average Bonchev–Trinajstić information content (AvgIpc) is 3.04. The molecule has 0 N–H and O–H groups in total. The fourth-order valence-corrected chi connectivity index (χ4v) is 2.37. The number of carbonyl (C=O) groups is 1. The van der Waals surface area contributed by atoms with Gasteiger partial charge in [-0.25, -0.2) is 0 Å². The molecule has 1 aromatic carbocycles. The van der Waals surface area contributed by atoms with E-state index in [4.69, 9.17) is 9.26 Å². The molecule has 1 amide bonds. The van der Waals surface area contributed by atoms with Crippen molar-refractivity contribution >= 4 is 5.91 Å². The molecule has 2 aromatic rings. The zero-order valence-corrected chi connectivity index (χ0v) is 12.0. The van der Waals surface area contributed by atoms with Gasteiger partial charge in [-0.05, 0) is 12.5 Å². The largest absolute Gasteiger partial charge is 0.417 e. The Morgan fingerprint density at radius 1 is 1.26 bits per heavy atom. The van der Waals surface area contributed by atoms with Gasteiger partial charge in [0.2, 0.25) is 0 Å². The minimum Gasteiger partial charge on any atom is -0.361 e. The molecule has 1 aromatic heterocycles. The van der Waals surface area contributed by atoms with Crippen LogP contribution in [0.5, 0.6) is 0 Å². The number of ether oxygens (including phenoxy) is 1. The van der Waals surface area contributed by atoms with Crippen LogP contribution in [0.1, 0.15) is 22.5 Å². The van der Waals surface area contributed by atoms with E-state index in [9.17, 15) is 18.0 Å². The molecule has 1 aliphatic heterocycles. The van der Waals surface area contributed by atoms with Crippen LogP contribution < -0.4 is 0 Å². The molecule has 0 radical (unpaired) electrons. The second kappa shape index (κ2) is 6.04. The van der Waals surface area contributed by atoms with Gasteiger partial charge in [0.1, 0.15) is 6.73 Å². The van der Waals surface area contributed by atoms with Crippen LogP contribution in [0, 0.1) is 0 Å². The van der Waals surface area contributed by atoms with Crippen LogP contribution >= 0.6 is 0 Å². The first-order chi connectivity index (χ1) is 11.0. The van der Waals surface area contributed by atoms with Crippen molar-refractivity contribution in [3.8, 4) is 11.3 Å². The van der Waals surface area contributed by atoms with E-state index < -0.39 is 17.6 Å². The van der Waals surface area contributed by atoms with Gasteiger partial charge in [-0.2, -0.15) is 13.2 Å². The van der Waals surface area contributed by atoms with Gasteiger partial charge in [-0.1, -0.05) is 23.4 Å². The second-order valence-electron chi connectivity index (χ2n) is 5.08. The van der Waals surface area contributed by atoms with Gasteiger partial charge in [-0.3, -0.25) is 4.79 Å². The number of aromatic nitrogens is 1. The number of rotatable bonds is 2. The van der Waals surface area contributed by atoms with E-state index in [0.29, 0.717) is 19.6 Å². The fraction of sp³-hybridized carbons (Fsp3) is 0.333. The predicted molar refractivity (Wildman–Crippen MR) is 73.4 cm³/mol. The van der Waals surface area contributed by atoms with E-state index >= 15 is 0 Å². The lowest BCUT2D eigenvalue weighted by Crippen LogP contribution is -2.38. The minimum absolute atomic E-state index is 0.0394. The zero-order chi connectivity index (χ0) is 16.4. The number of amides is 1. The number of alkyl halides is 3. The lowest BCUT2D eigenvalue weighted by Gasteiger charge is -2.25. The molecule has 0 aliphatic carbocycles. The lowest BCUT2D eigenvalue weighted by molar-refractivity contribution is -0.137. The van der Waals surface area contributed by atoms with Crippen LogP contribution in [0.3, 0.4) is 0 Å². The summed E-state index contributed by atoms with van der Waals surface area (Å²) in [5.41, 5.74) is -1.03. The molecule has 0 unspecified atom stereocenters. The highest BCUT2D eigenvalue weighted by Gasteiger charge is 2.34. The molecule has 0 bridgehead atoms. The Hall–Kier alpha value is -2.35. The number of halogens is 3. The molecule has 5 nitrogen and oxygen atoms in total. The summed E-state index contributed by atoms with van der Waals surface area (Å²) in [6.07, 6.45) is -3.82. The molecule has 8 heteroatoms. The van der Waals surface area contributed by atoms with Gasteiger partial charge in [-0.15, -0.1) is 0 Å². The highest BCUT2D eigenvalue weighted by molar-refractivity contribution is 5.93. The summed E-state index contributed by atoms with van der Waals surface area (Å²) in [6.45, 7) is 1.23. The monoisotopic (exact) mass is 326 g/mol. The summed E-state index contributed by atoms with van der Waals surface area (Å²) >= 11 is 0. The summed E-state index contributed by atoms with van der Waals surface area (Å²) in [6, 6.07) is 6.22. The van der Waals surface area contributed by atoms with Gasteiger partial charge >= 0.3 is 6.18 Å². The maximum atomic E-state index is 13.0. The van der Waals surface area contributed by atoms with Crippen LogP contribution in [0.2, 0.25) is 0 Å². The molecular formula is C15H13F3N2O3. The zero-order valence-electron chi connectivity index (χ0n) is 12.0. The van der Waals surface area contributed by atoms with E-state index in [1.54, 1.807) is 0 Å². The SMILES string of the molecule is O=C(c1cc(-c2ccccc2C(F)(F)F)on1)N1CCCOC1. The molecule has 23 heavy (non-hydrogen) atoms. The van der Waals surface area contributed by atoms with Crippen molar-refractivity contribution in [3.63, 3.8) is 0 Å². The normalized spacial score (nSPS) is 15.7. The number of benzene rings is 1. The quantitative estimate of drug-likeness (QED) is 0.850. The maximum absolute atomic E-state index is 13.0. The summed E-state index contributed by atoms with van der Waals surface area (Å²) in [7, 11) is 0. The summed E-state index contributed by atoms with van der Waals surface area (Å²) in [5.74, 6) is -0.525. The number of nitrogens with zero attached hydrogens (tertiary/aromatic N) is 2. The second-order valence-corrected chi connectivity index (χ2v) is 5.08.